The van der Waals surface area contributed by atoms with E-state index >= 15 is 0 Å². The summed E-state index contributed by atoms with van der Waals surface area (Å²) in [7, 11) is 0. The second kappa shape index (κ2) is 12.5. The number of hydrogen-bond donors (Lipinski definition) is 0. The van der Waals surface area contributed by atoms with E-state index in [4.69, 9.17) is 9.60 Å². The summed E-state index contributed by atoms with van der Waals surface area (Å²) in [6.45, 7) is 0. The Bertz CT molecular complexity index is 4720. The molecule has 0 aliphatic rings. The lowest BCUT2D eigenvalue weighted by Gasteiger charge is -2.12. The van der Waals surface area contributed by atoms with Gasteiger partial charge in [-0.1, -0.05) is 133 Å². The molecule has 0 fully saturated rings. The van der Waals surface area contributed by atoms with E-state index in [0.29, 0.717) is 5.69 Å². The van der Waals surface area contributed by atoms with E-state index in [-0.39, 0.29) is 49.3 Å². The summed E-state index contributed by atoms with van der Waals surface area (Å²) < 4.78 is 199. The molecule has 0 N–H and O–H groups in total. The minimum absolute atomic E-state index is 0.140. The van der Waals surface area contributed by atoms with E-state index in [1.807, 2.05) is 30.3 Å². The van der Waals surface area contributed by atoms with Gasteiger partial charge in [0, 0.05) is 43.7 Å². The second-order valence-electron chi connectivity index (χ2n) is 13.3. The Labute approximate surface area is 359 Å². The summed E-state index contributed by atoms with van der Waals surface area (Å²) in [5.41, 5.74) is -1.19. The fourth-order valence-corrected chi connectivity index (χ4v) is 7.76. The van der Waals surface area contributed by atoms with Gasteiger partial charge in [-0.2, -0.15) is 0 Å². The molecule has 0 aliphatic carbocycles. The number of aromatic nitrogens is 3. The van der Waals surface area contributed by atoms with Gasteiger partial charge in [0.15, 0.2) is 0 Å². The zero-order valence-corrected chi connectivity index (χ0v) is 29.4. The normalized spacial score (nSPS) is 17.0. The van der Waals surface area contributed by atoms with E-state index in [0.717, 1.165) is 15.7 Å². The Balaban J connectivity index is 1.26. The molecule has 0 atom stereocenters. The molecule has 0 aliphatic heterocycles. The van der Waals surface area contributed by atoms with Gasteiger partial charge >= 0.3 is 0 Å². The third kappa shape index (κ3) is 4.79. The summed E-state index contributed by atoms with van der Waals surface area (Å²) >= 11 is 0. The monoisotopic (exact) mass is 746 g/mol. The lowest BCUT2D eigenvalue weighted by molar-refractivity contribution is 1.17. The van der Waals surface area contributed by atoms with E-state index < -0.39 is 166 Å². The highest BCUT2D eigenvalue weighted by Crippen LogP contribution is 2.42. The Kier molecular flexibility index (Phi) is 3.81. The molecular formula is C54H35N3. The van der Waals surface area contributed by atoms with Crippen LogP contribution in [0.1, 0.15) is 28.8 Å². The highest BCUT2D eigenvalue weighted by Gasteiger charge is 2.20. The van der Waals surface area contributed by atoms with Crippen LogP contribution in [0.3, 0.4) is 0 Å². The largest absolute Gasteiger partial charge is 0.309 e. The fourth-order valence-electron chi connectivity index (χ4n) is 7.76. The molecule has 12 aromatic rings. The molecule has 9 aromatic carbocycles. The third-order valence-corrected chi connectivity index (χ3v) is 10.2. The van der Waals surface area contributed by atoms with Gasteiger partial charge in [-0.15, -0.1) is 0 Å². The molecule has 0 unspecified atom stereocenters. The van der Waals surface area contributed by atoms with Crippen LogP contribution in [0.25, 0.3) is 105 Å². The first-order valence-corrected chi connectivity index (χ1v) is 17.9. The number of nitrogens with zero attached hydrogens (tertiary/aromatic N) is 3. The topological polar surface area (TPSA) is 14.8 Å². The molecular weight excluding hydrogens is 691 g/mol. The molecule has 0 amide bonds. The number of rotatable bonds is 5. The zero-order valence-electron chi connectivity index (χ0n) is 50.4. The first-order chi connectivity index (χ1) is 37.1. The van der Waals surface area contributed by atoms with Crippen LogP contribution in [0, 0.1) is 0 Å². The molecule has 3 heteroatoms. The summed E-state index contributed by atoms with van der Waals surface area (Å²) in [6.07, 6.45) is 0. The van der Waals surface area contributed by atoms with E-state index in [1.165, 1.54) is 9.13 Å². The van der Waals surface area contributed by atoms with Crippen molar-refractivity contribution < 1.29 is 28.8 Å². The first-order valence-electron chi connectivity index (χ1n) is 28.4. The summed E-state index contributed by atoms with van der Waals surface area (Å²) in [6, 6.07) is 9.50. The Morgan fingerprint density at radius 2 is 0.754 bits per heavy atom. The maximum Gasteiger partial charge on any atom is 0.0645 e. The molecule has 0 saturated carbocycles. The van der Waals surface area contributed by atoms with Crippen molar-refractivity contribution >= 4 is 65.4 Å². The van der Waals surface area contributed by atoms with Gasteiger partial charge in [0.1, 0.15) is 0 Å². The first kappa shape index (κ1) is 17.5. The molecule has 0 radical (unpaired) electrons. The van der Waals surface area contributed by atoms with E-state index in [9.17, 15) is 19.2 Å². The highest BCUT2D eigenvalue weighted by molar-refractivity contribution is 6.17. The number of hydrogen-bond acceptors (Lipinski definition) is 0. The summed E-state index contributed by atoms with van der Waals surface area (Å²) in [5, 5.41) is -1.92. The van der Waals surface area contributed by atoms with Gasteiger partial charge in [0.05, 0.1) is 67.6 Å². The van der Waals surface area contributed by atoms with Gasteiger partial charge in [-0.3, -0.25) is 0 Å². The van der Waals surface area contributed by atoms with Gasteiger partial charge in [0.25, 0.3) is 0 Å². The van der Waals surface area contributed by atoms with Gasteiger partial charge in [-0.25, -0.2) is 0 Å². The molecule has 0 saturated heterocycles. The number of para-hydroxylation sites is 4. The molecule has 3 heterocycles. The summed E-state index contributed by atoms with van der Waals surface area (Å²) in [5.74, 6) is 0. The molecule has 12 rings (SSSR count). The van der Waals surface area contributed by atoms with Gasteiger partial charge in [-0.05, 0) is 101 Å². The molecule has 3 aromatic heterocycles. The van der Waals surface area contributed by atoms with Crippen LogP contribution in [0.2, 0.25) is 0 Å². The zero-order chi connectivity index (χ0) is 55.7. The van der Waals surface area contributed by atoms with Crippen molar-refractivity contribution in [2.75, 3.05) is 0 Å². The quantitative estimate of drug-likeness (QED) is 0.167. The van der Waals surface area contributed by atoms with Crippen molar-refractivity contribution in [3.63, 3.8) is 0 Å². The van der Waals surface area contributed by atoms with Crippen LogP contribution >= 0.6 is 0 Å². The minimum Gasteiger partial charge on any atom is -0.309 e. The molecule has 0 spiro atoms. The Morgan fingerprint density at radius 3 is 1.40 bits per heavy atom. The smallest absolute Gasteiger partial charge is 0.0645 e. The van der Waals surface area contributed by atoms with Crippen molar-refractivity contribution in [3.8, 4) is 39.3 Å². The van der Waals surface area contributed by atoms with Crippen LogP contribution in [-0.2, 0) is 0 Å². The lowest BCUT2D eigenvalue weighted by Crippen LogP contribution is -1.96. The van der Waals surface area contributed by atoms with Crippen molar-refractivity contribution in [1.82, 2.24) is 13.7 Å². The lowest BCUT2D eigenvalue weighted by atomic mass is 10.0. The standard InChI is InChI=1S/C54H35N3/c1-3-14-36(15-4-1)37-26-30-41(31-27-37)55-47-21-10-7-18-42(47)45-34-38(28-32-50(45)55)39-29-33-51-46(35-39)43-19-8-11-22-48(43)57(51)53-25-13-24-52-54(53)44-20-9-12-23-49(44)56(52)40-16-5-2-6-17-40/h1-35H/i7D,8D,9D,10D,11D,12D,13D,18D,19D,20D,21D,22D,23D,24D,25D,28D,29D,32D,33D,34D,35D. The van der Waals surface area contributed by atoms with Crippen molar-refractivity contribution in [3.05, 3.63) is 212 Å². The molecule has 3 nitrogen and oxygen atoms in total. The average molecular weight is 747 g/mol. The second-order valence-corrected chi connectivity index (χ2v) is 13.3. The molecule has 266 valence electrons. The van der Waals surface area contributed by atoms with Crippen molar-refractivity contribution in [2.45, 2.75) is 0 Å². The SMILES string of the molecule is [2H]c1c([2H])c([2H])c2c(c1[2H])c1c([2H])c(-c3c([2H])c([2H])c4c(c3[2H])c3c([2H])c([2H])c([2H])c([2H])c3n4-c3c([2H])c([2H])c([2H])c4c3c3c([2H])c([2H])c([2H])c([2H])c3n4-c3ccccc3)c([2H])c([2H])c1n2-c1ccc(-c2ccccc2)cc1. The van der Waals surface area contributed by atoms with Gasteiger partial charge in [0.2, 0.25) is 0 Å². The van der Waals surface area contributed by atoms with Gasteiger partial charge < -0.3 is 13.7 Å². The Hall–Kier alpha value is -7.62. The van der Waals surface area contributed by atoms with Crippen molar-refractivity contribution in [1.29, 1.82) is 0 Å². The fraction of sp³-hybridized carbons (Fsp3) is 0. The molecule has 57 heavy (non-hydrogen) atoms. The van der Waals surface area contributed by atoms with E-state index in [2.05, 4.69) is 0 Å². The predicted octanol–water partition coefficient (Wildman–Crippen LogP) is 14.3. The van der Waals surface area contributed by atoms with Crippen LogP contribution < -0.4 is 0 Å². The highest BCUT2D eigenvalue weighted by atomic mass is 15.0. The average Bonchev–Trinajstić information content (AvgIpc) is 4.34. The van der Waals surface area contributed by atoms with Crippen LogP contribution in [0.5, 0.6) is 0 Å². The van der Waals surface area contributed by atoms with Crippen LogP contribution in [0.15, 0.2) is 212 Å². The maximum atomic E-state index is 10.1. The Morgan fingerprint density at radius 1 is 0.298 bits per heavy atom. The van der Waals surface area contributed by atoms with Crippen LogP contribution in [-0.4, -0.2) is 13.7 Å². The van der Waals surface area contributed by atoms with Crippen molar-refractivity contribution in [2.24, 2.45) is 0 Å². The van der Waals surface area contributed by atoms with Crippen LogP contribution in [0.4, 0.5) is 0 Å². The third-order valence-electron chi connectivity index (χ3n) is 10.2. The molecule has 0 bridgehead atoms. The maximum absolute atomic E-state index is 10.1. The summed E-state index contributed by atoms with van der Waals surface area (Å²) in [4.78, 5) is 0. The predicted molar refractivity (Wildman–Crippen MR) is 240 cm³/mol. The number of benzene rings is 9. The number of fused-ring (bicyclic) bond motifs is 9. The minimum atomic E-state index is -0.880. The van der Waals surface area contributed by atoms with E-state index in [1.54, 1.807) is 54.6 Å².